The predicted molar refractivity (Wildman–Crippen MR) is 55.9 cm³/mol. The molecule has 0 amide bonds. The molecule has 72 valence electrons. The van der Waals surface area contributed by atoms with E-state index in [0.29, 0.717) is 11.2 Å². The number of hydrogen-bond donors (Lipinski definition) is 0. The van der Waals surface area contributed by atoms with Gasteiger partial charge in [-0.25, -0.2) is 9.97 Å². The van der Waals surface area contributed by atoms with Crippen molar-refractivity contribution in [1.82, 2.24) is 19.9 Å². The molecule has 0 saturated carbocycles. The fraction of sp³-hybridized carbons (Fsp3) is 0. The van der Waals surface area contributed by atoms with Gasteiger partial charge in [0.15, 0.2) is 0 Å². The topological polar surface area (TPSA) is 68.6 Å². The summed E-state index contributed by atoms with van der Waals surface area (Å²) in [5.41, 5.74) is 1.26. The number of aromatic nitrogens is 4. The van der Waals surface area contributed by atoms with Gasteiger partial charge in [-0.15, -0.1) is 0 Å². The molecule has 5 nitrogen and oxygen atoms in total. The molecule has 1 aromatic heterocycles. The largest absolute Gasteiger partial charge is 0.327 e. The molecule has 0 aliphatic carbocycles. The maximum atomic E-state index is 11.2. The van der Waals surface area contributed by atoms with Gasteiger partial charge in [0.05, 0.1) is 4.88 Å². The molecule has 0 saturated heterocycles. The lowest BCUT2D eigenvalue weighted by molar-refractivity contribution is 1.21. The standard InChI is InChI=1S/C9H4N4OS/c14-9-13-8-6(15-9)3-10-1-5-2-11-4-12-7(5)8/h1-4H. The first-order chi connectivity index (χ1) is 7.34. The van der Waals surface area contributed by atoms with Crippen LogP contribution in [0.25, 0.3) is 21.5 Å². The molecule has 0 aromatic carbocycles. The molecular weight excluding hydrogens is 212 g/mol. The van der Waals surface area contributed by atoms with Crippen molar-refractivity contribution < 1.29 is 0 Å². The second-order valence-electron chi connectivity index (χ2n) is 2.93. The first-order valence-corrected chi connectivity index (χ1v) is 5.01. The highest BCUT2D eigenvalue weighted by Crippen LogP contribution is 2.25. The average Bonchev–Trinajstić information content (AvgIpc) is 2.52. The van der Waals surface area contributed by atoms with Crippen LogP contribution in [0.4, 0.5) is 0 Å². The lowest BCUT2D eigenvalue weighted by Crippen LogP contribution is -1.91. The lowest BCUT2D eigenvalue weighted by atomic mass is 10.3. The Kier molecular flexibility index (Phi) is 1.69. The Labute approximate surface area is 87.8 Å². The van der Waals surface area contributed by atoms with Crippen LogP contribution in [0, 0.1) is 0 Å². The van der Waals surface area contributed by atoms with Crippen molar-refractivity contribution in [1.29, 1.82) is 0 Å². The summed E-state index contributed by atoms with van der Waals surface area (Å²) in [5.74, 6) is 0. The third-order valence-corrected chi connectivity index (χ3v) is 2.79. The summed E-state index contributed by atoms with van der Waals surface area (Å²) in [7, 11) is 0. The molecule has 0 radical (unpaired) electrons. The van der Waals surface area contributed by atoms with Crippen molar-refractivity contribution in [3.8, 4) is 10.6 Å². The van der Waals surface area contributed by atoms with E-state index in [9.17, 15) is 4.79 Å². The summed E-state index contributed by atoms with van der Waals surface area (Å²) >= 11 is 1.07. The van der Waals surface area contributed by atoms with E-state index in [1.165, 1.54) is 6.33 Å². The first kappa shape index (κ1) is 8.37. The van der Waals surface area contributed by atoms with E-state index in [0.717, 1.165) is 21.6 Å². The van der Waals surface area contributed by atoms with Crippen molar-refractivity contribution in [2.75, 3.05) is 0 Å². The fourth-order valence-electron chi connectivity index (χ4n) is 1.39. The number of thiazole rings is 1. The Morgan fingerprint density at radius 3 is 2.93 bits per heavy atom. The fourth-order valence-corrected chi connectivity index (χ4v) is 2.06. The SMILES string of the molecule is O=c1nc2c3ncncc3cncc-2s1. The third kappa shape index (κ3) is 1.26. The van der Waals surface area contributed by atoms with Crippen molar-refractivity contribution in [3.05, 3.63) is 34.6 Å². The van der Waals surface area contributed by atoms with Gasteiger partial charge >= 0.3 is 4.87 Å². The molecule has 0 bridgehead atoms. The molecule has 3 heterocycles. The van der Waals surface area contributed by atoms with Crippen molar-refractivity contribution in [2.45, 2.75) is 0 Å². The zero-order valence-electron chi connectivity index (χ0n) is 7.41. The van der Waals surface area contributed by atoms with E-state index < -0.39 is 0 Å². The lowest BCUT2D eigenvalue weighted by Gasteiger charge is -1.91. The monoisotopic (exact) mass is 216 g/mol. The Bertz CT molecular complexity index is 666. The van der Waals surface area contributed by atoms with E-state index in [2.05, 4.69) is 19.9 Å². The molecule has 6 heteroatoms. The predicted octanol–water partition coefficient (Wildman–Crippen LogP) is 0.946. The van der Waals surface area contributed by atoms with Gasteiger partial charge in [0.2, 0.25) is 0 Å². The smallest absolute Gasteiger partial charge is 0.262 e. The quantitative estimate of drug-likeness (QED) is 0.559. The number of hydrogen-bond acceptors (Lipinski definition) is 6. The number of rotatable bonds is 0. The molecule has 0 fully saturated rings. The molecule has 0 atom stereocenters. The molecule has 2 aliphatic rings. The molecule has 2 aliphatic heterocycles. The van der Waals surface area contributed by atoms with Gasteiger partial charge in [-0.1, -0.05) is 11.3 Å². The maximum absolute atomic E-state index is 11.2. The summed E-state index contributed by atoms with van der Waals surface area (Å²) < 4.78 is 0. The van der Waals surface area contributed by atoms with E-state index in [4.69, 9.17) is 0 Å². The summed E-state index contributed by atoms with van der Waals surface area (Å²) in [6, 6.07) is 0. The highest BCUT2D eigenvalue weighted by molar-refractivity contribution is 7.13. The zero-order chi connectivity index (χ0) is 10.3. The normalized spacial score (nSPS) is 10.9. The van der Waals surface area contributed by atoms with E-state index in [-0.39, 0.29) is 4.87 Å². The molecule has 0 N–H and O–H groups in total. The Morgan fingerprint density at radius 2 is 2.00 bits per heavy atom. The summed E-state index contributed by atoms with van der Waals surface area (Å²) in [6.45, 7) is 0. The van der Waals surface area contributed by atoms with Crippen LogP contribution in [-0.2, 0) is 0 Å². The third-order valence-electron chi connectivity index (χ3n) is 2.00. The Balaban J connectivity index is 2.59. The minimum atomic E-state index is -0.224. The van der Waals surface area contributed by atoms with E-state index in [1.54, 1.807) is 18.6 Å². The van der Waals surface area contributed by atoms with Crippen LogP contribution in [0.2, 0.25) is 0 Å². The van der Waals surface area contributed by atoms with Gasteiger partial charge in [-0.05, 0) is 0 Å². The number of nitrogens with zero attached hydrogens (tertiary/aromatic N) is 4. The minimum absolute atomic E-state index is 0.224. The van der Waals surface area contributed by atoms with Gasteiger partial charge in [0.25, 0.3) is 0 Å². The summed E-state index contributed by atoms with van der Waals surface area (Å²) in [4.78, 5) is 27.7. The van der Waals surface area contributed by atoms with Crippen molar-refractivity contribution in [3.63, 3.8) is 0 Å². The molecule has 15 heavy (non-hydrogen) atoms. The molecular formula is C9H4N4OS. The zero-order valence-corrected chi connectivity index (χ0v) is 8.23. The van der Waals surface area contributed by atoms with Crippen LogP contribution in [0.3, 0.4) is 0 Å². The maximum Gasteiger partial charge on any atom is 0.327 e. The van der Waals surface area contributed by atoms with E-state index in [1.807, 2.05) is 0 Å². The molecule has 1 aromatic rings. The first-order valence-electron chi connectivity index (χ1n) is 4.19. The van der Waals surface area contributed by atoms with Crippen LogP contribution >= 0.6 is 11.3 Å². The highest BCUT2D eigenvalue weighted by Gasteiger charge is 2.11. The van der Waals surface area contributed by atoms with Crippen LogP contribution < -0.4 is 4.87 Å². The highest BCUT2D eigenvalue weighted by atomic mass is 32.1. The van der Waals surface area contributed by atoms with Crippen LogP contribution in [0.5, 0.6) is 0 Å². The van der Waals surface area contributed by atoms with Gasteiger partial charge < -0.3 is 0 Å². The van der Waals surface area contributed by atoms with Gasteiger partial charge in [0.1, 0.15) is 17.5 Å². The minimum Gasteiger partial charge on any atom is -0.262 e. The van der Waals surface area contributed by atoms with Crippen molar-refractivity contribution in [2.24, 2.45) is 0 Å². The van der Waals surface area contributed by atoms with Gasteiger partial charge in [-0.3, -0.25) is 9.78 Å². The Hall–Kier alpha value is -1.95. The van der Waals surface area contributed by atoms with Gasteiger partial charge in [-0.2, -0.15) is 4.98 Å². The Morgan fingerprint density at radius 1 is 1.13 bits per heavy atom. The van der Waals surface area contributed by atoms with Gasteiger partial charge in [0, 0.05) is 24.0 Å². The summed E-state index contributed by atoms with van der Waals surface area (Å²) in [6.07, 6.45) is 6.37. The molecule has 0 spiro atoms. The van der Waals surface area contributed by atoms with Crippen LogP contribution in [0.1, 0.15) is 0 Å². The number of fused-ring (bicyclic) bond motifs is 3. The second kappa shape index (κ2) is 3.03. The summed E-state index contributed by atoms with van der Waals surface area (Å²) in [5, 5.41) is 0.776. The second-order valence-corrected chi connectivity index (χ2v) is 3.92. The van der Waals surface area contributed by atoms with Crippen LogP contribution in [0.15, 0.2) is 29.7 Å². The van der Waals surface area contributed by atoms with E-state index >= 15 is 0 Å². The van der Waals surface area contributed by atoms with Crippen LogP contribution in [-0.4, -0.2) is 19.9 Å². The average molecular weight is 216 g/mol. The molecule has 3 rings (SSSR count). The molecule has 0 unspecified atom stereocenters. The van der Waals surface area contributed by atoms with Crippen molar-refractivity contribution >= 4 is 22.2 Å².